The quantitative estimate of drug-likeness (QED) is 0.844. The fourth-order valence-electron chi connectivity index (χ4n) is 2.16. The minimum absolute atomic E-state index is 0.213. The number of hydrogen-bond acceptors (Lipinski definition) is 5. The number of anilines is 1. The number of likely N-dealkylation sites (N-methyl/N-ethyl adjacent to an activating group) is 1. The van der Waals surface area contributed by atoms with Gasteiger partial charge in [0, 0.05) is 24.5 Å². The zero-order chi connectivity index (χ0) is 12.3. The number of nitriles is 1. The molecule has 90 valence electrons. The predicted octanol–water partition coefficient (Wildman–Crippen LogP) is 1.24. The lowest BCUT2D eigenvalue weighted by molar-refractivity contribution is 0.0738. The van der Waals surface area contributed by atoms with E-state index in [1.165, 1.54) is 25.5 Å². The van der Waals surface area contributed by atoms with Crippen LogP contribution in [0.2, 0.25) is 0 Å². The van der Waals surface area contributed by atoms with Crippen LogP contribution in [0.25, 0.3) is 0 Å². The second-order valence-electron chi connectivity index (χ2n) is 4.69. The zero-order valence-electron chi connectivity index (χ0n) is 10.3. The second kappa shape index (κ2) is 4.68. The van der Waals surface area contributed by atoms with E-state index in [2.05, 4.69) is 34.3 Å². The van der Waals surface area contributed by atoms with Crippen molar-refractivity contribution in [2.75, 3.05) is 26.0 Å². The van der Waals surface area contributed by atoms with Crippen LogP contribution in [-0.4, -0.2) is 41.0 Å². The highest BCUT2D eigenvalue weighted by Gasteiger charge is 2.38. The average Bonchev–Trinajstić information content (AvgIpc) is 2.27. The number of aromatic nitrogens is 2. The molecule has 0 bridgehead atoms. The Morgan fingerprint density at radius 1 is 1.41 bits per heavy atom. The summed E-state index contributed by atoms with van der Waals surface area (Å²) in [6, 6.07) is 2.05. The maximum absolute atomic E-state index is 8.93. The molecular formula is C12H17N5. The van der Waals surface area contributed by atoms with Gasteiger partial charge in [-0.1, -0.05) is 0 Å². The van der Waals surface area contributed by atoms with Crippen molar-refractivity contribution in [1.29, 1.82) is 5.26 Å². The van der Waals surface area contributed by atoms with Crippen molar-refractivity contribution in [3.63, 3.8) is 0 Å². The highest BCUT2D eigenvalue weighted by atomic mass is 15.2. The molecule has 0 unspecified atom stereocenters. The van der Waals surface area contributed by atoms with E-state index in [0.29, 0.717) is 11.5 Å². The summed E-state index contributed by atoms with van der Waals surface area (Å²) in [5, 5.41) is 12.2. The van der Waals surface area contributed by atoms with Crippen LogP contribution < -0.4 is 5.32 Å². The Bertz CT molecular complexity index is 431. The summed E-state index contributed by atoms with van der Waals surface area (Å²) in [5.41, 5.74) is 0.574. The molecule has 0 aromatic carbocycles. The first-order chi connectivity index (χ1) is 8.18. The molecule has 1 aliphatic carbocycles. The normalized spacial score (nSPS) is 17.3. The minimum atomic E-state index is 0.213. The molecule has 0 aliphatic heterocycles. The lowest BCUT2D eigenvalue weighted by atomic mass is 9.75. The van der Waals surface area contributed by atoms with E-state index in [-0.39, 0.29) is 5.54 Å². The molecule has 1 N–H and O–H groups in total. The largest absolute Gasteiger partial charge is 0.366 e. The molecule has 0 saturated heterocycles. The topological polar surface area (TPSA) is 64.8 Å². The third-order valence-electron chi connectivity index (χ3n) is 3.62. The Balaban J connectivity index is 2.05. The van der Waals surface area contributed by atoms with Crippen LogP contribution >= 0.6 is 0 Å². The Morgan fingerprint density at radius 2 is 2.12 bits per heavy atom. The van der Waals surface area contributed by atoms with Crippen molar-refractivity contribution < 1.29 is 0 Å². The van der Waals surface area contributed by atoms with Gasteiger partial charge in [-0.3, -0.25) is 0 Å². The Hall–Kier alpha value is -1.67. The number of rotatable bonds is 4. The minimum Gasteiger partial charge on any atom is -0.366 e. The summed E-state index contributed by atoms with van der Waals surface area (Å²) in [4.78, 5) is 10.4. The van der Waals surface area contributed by atoms with E-state index in [1.54, 1.807) is 6.20 Å². The summed E-state index contributed by atoms with van der Waals surface area (Å²) in [5.74, 6) is 0.586. The van der Waals surface area contributed by atoms with Crippen LogP contribution in [0.5, 0.6) is 0 Å². The molecule has 1 heterocycles. The molecule has 17 heavy (non-hydrogen) atoms. The monoisotopic (exact) mass is 231 g/mol. The highest BCUT2D eigenvalue weighted by molar-refractivity contribution is 5.47. The molecule has 1 fully saturated rings. The molecule has 5 heteroatoms. The Morgan fingerprint density at radius 3 is 2.65 bits per heavy atom. The number of hydrogen-bond donors (Lipinski definition) is 1. The molecule has 1 aromatic heterocycles. The van der Waals surface area contributed by atoms with Gasteiger partial charge in [-0.25, -0.2) is 9.97 Å². The molecule has 0 amide bonds. The number of nitrogens with zero attached hydrogens (tertiary/aromatic N) is 4. The van der Waals surface area contributed by atoms with Crippen LogP contribution in [0, 0.1) is 11.3 Å². The van der Waals surface area contributed by atoms with Crippen LogP contribution in [0.4, 0.5) is 5.82 Å². The smallest absolute Gasteiger partial charge is 0.182 e. The fraction of sp³-hybridized carbons (Fsp3) is 0.583. The predicted molar refractivity (Wildman–Crippen MR) is 65.5 cm³/mol. The van der Waals surface area contributed by atoms with Gasteiger partial charge in [-0.2, -0.15) is 5.26 Å². The summed E-state index contributed by atoms with van der Waals surface area (Å²) in [6.45, 7) is 0.813. The first-order valence-electron chi connectivity index (χ1n) is 5.80. The van der Waals surface area contributed by atoms with E-state index >= 15 is 0 Å². The summed E-state index contributed by atoms with van der Waals surface area (Å²) >= 11 is 0. The van der Waals surface area contributed by atoms with Gasteiger partial charge in [0.15, 0.2) is 11.5 Å². The van der Waals surface area contributed by atoms with Crippen molar-refractivity contribution in [3.05, 3.63) is 18.1 Å². The van der Waals surface area contributed by atoms with Crippen LogP contribution in [0.3, 0.4) is 0 Å². The lowest BCUT2D eigenvalue weighted by Crippen LogP contribution is -2.54. The van der Waals surface area contributed by atoms with Gasteiger partial charge in [-0.15, -0.1) is 0 Å². The maximum Gasteiger partial charge on any atom is 0.182 e. The van der Waals surface area contributed by atoms with Gasteiger partial charge in [0.25, 0.3) is 0 Å². The van der Waals surface area contributed by atoms with Gasteiger partial charge >= 0.3 is 0 Å². The standard InChI is InChI=1S/C12H17N5/c1-17(2)12(4-3-5-12)9-16-11-10(8-13)14-6-7-15-11/h6-7H,3-5,9H2,1-2H3,(H,15,16). The molecule has 1 aliphatic rings. The summed E-state index contributed by atoms with van der Waals surface area (Å²) < 4.78 is 0. The third kappa shape index (κ3) is 2.22. The maximum atomic E-state index is 8.93. The van der Waals surface area contributed by atoms with Crippen molar-refractivity contribution in [3.8, 4) is 6.07 Å². The first kappa shape index (κ1) is 11.8. The Labute approximate surface area is 101 Å². The second-order valence-corrected chi connectivity index (χ2v) is 4.69. The van der Waals surface area contributed by atoms with Crippen molar-refractivity contribution in [1.82, 2.24) is 14.9 Å². The van der Waals surface area contributed by atoms with E-state index < -0.39 is 0 Å². The third-order valence-corrected chi connectivity index (χ3v) is 3.62. The first-order valence-corrected chi connectivity index (χ1v) is 5.80. The lowest BCUT2D eigenvalue weighted by Gasteiger charge is -2.47. The van der Waals surface area contributed by atoms with Crippen LogP contribution in [0.1, 0.15) is 25.0 Å². The average molecular weight is 231 g/mol. The van der Waals surface area contributed by atoms with Crippen LogP contribution in [-0.2, 0) is 0 Å². The Kier molecular flexibility index (Phi) is 3.25. The molecule has 0 spiro atoms. The van der Waals surface area contributed by atoms with Gasteiger partial charge in [0.1, 0.15) is 6.07 Å². The SMILES string of the molecule is CN(C)C1(CNc2nccnc2C#N)CCC1. The molecule has 1 saturated carbocycles. The van der Waals surface area contributed by atoms with E-state index in [1.807, 2.05) is 6.07 Å². The van der Waals surface area contributed by atoms with Crippen molar-refractivity contribution in [2.24, 2.45) is 0 Å². The van der Waals surface area contributed by atoms with E-state index in [0.717, 1.165) is 6.54 Å². The summed E-state index contributed by atoms with van der Waals surface area (Å²) in [7, 11) is 4.20. The van der Waals surface area contributed by atoms with Gasteiger partial charge < -0.3 is 10.2 Å². The molecule has 1 aromatic rings. The van der Waals surface area contributed by atoms with E-state index in [9.17, 15) is 0 Å². The zero-order valence-corrected chi connectivity index (χ0v) is 10.3. The molecule has 5 nitrogen and oxygen atoms in total. The van der Waals surface area contributed by atoms with Gasteiger partial charge in [-0.05, 0) is 33.4 Å². The fourth-order valence-corrected chi connectivity index (χ4v) is 2.16. The van der Waals surface area contributed by atoms with Crippen molar-refractivity contribution >= 4 is 5.82 Å². The van der Waals surface area contributed by atoms with Gasteiger partial charge in [0.2, 0.25) is 0 Å². The molecule has 0 atom stereocenters. The summed E-state index contributed by atoms with van der Waals surface area (Å²) in [6.07, 6.45) is 6.79. The van der Waals surface area contributed by atoms with E-state index in [4.69, 9.17) is 5.26 Å². The van der Waals surface area contributed by atoms with Crippen LogP contribution in [0.15, 0.2) is 12.4 Å². The molecular weight excluding hydrogens is 214 g/mol. The molecule has 2 rings (SSSR count). The van der Waals surface area contributed by atoms with Crippen molar-refractivity contribution in [2.45, 2.75) is 24.8 Å². The molecule has 0 radical (unpaired) electrons. The highest BCUT2D eigenvalue weighted by Crippen LogP contribution is 2.36. The van der Waals surface area contributed by atoms with Gasteiger partial charge in [0.05, 0.1) is 0 Å². The number of nitrogens with one attached hydrogen (secondary N) is 1.